The second-order valence-electron chi connectivity index (χ2n) is 11.6. The Kier molecular flexibility index (Phi) is 9.36. The van der Waals surface area contributed by atoms with E-state index in [9.17, 15) is 49.5 Å². The Bertz CT molecular complexity index is 1650. The van der Waals surface area contributed by atoms with E-state index in [1.807, 2.05) is 0 Å². The number of aliphatic hydroxyl groups is 3. The number of phenols is 2. The van der Waals surface area contributed by atoms with Gasteiger partial charge in [-0.2, -0.15) is 0 Å². The van der Waals surface area contributed by atoms with E-state index in [4.69, 9.17) is 24.4 Å². The summed E-state index contributed by atoms with van der Waals surface area (Å²) in [6, 6.07) is 3.02. The fourth-order valence-electron chi connectivity index (χ4n) is 6.20. The van der Waals surface area contributed by atoms with Crippen molar-refractivity contribution in [1.29, 1.82) is 0 Å². The standard InChI is InChI=1S/C31H33NO15/c1-12-26(38)25(32-19(35)6-7-20(36)37)17(11-45-12)47-46-16-9-31(43,18(34)10-33)8-14-22(16)30(42)24-23(28(14)40)27(39)13-4-3-5-15(44-2)21(13)29(24)41/h3-5,12,16-17,25-26,33,38,40,42-43H,6-11H2,1-2H3,(H,32,35)(H,36,37). The lowest BCUT2D eigenvalue weighted by molar-refractivity contribution is -0.379. The van der Waals surface area contributed by atoms with Gasteiger partial charge in [0.25, 0.3) is 0 Å². The molecule has 0 spiro atoms. The van der Waals surface area contributed by atoms with Crippen LogP contribution in [0, 0.1) is 0 Å². The largest absolute Gasteiger partial charge is 0.507 e. The topological polar surface area (TPSA) is 256 Å². The molecule has 0 saturated carbocycles. The first-order valence-electron chi connectivity index (χ1n) is 14.6. The first kappa shape index (κ1) is 33.9. The fourth-order valence-corrected chi connectivity index (χ4v) is 6.20. The number of aliphatic hydroxyl groups excluding tert-OH is 2. The molecule has 2 aromatic rings. The number of carboxylic acids is 1. The molecule has 0 radical (unpaired) electrons. The zero-order chi connectivity index (χ0) is 34.4. The minimum absolute atomic E-state index is 0.0312. The molecule has 1 amide bonds. The molecule has 47 heavy (non-hydrogen) atoms. The van der Waals surface area contributed by atoms with Crippen LogP contribution in [0.15, 0.2) is 18.2 Å². The van der Waals surface area contributed by atoms with Crippen LogP contribution in [0.25, 0.3) is 0 Å². The van der Waals surface area contributed by atoms with Crippen molar-refractivity contribution in [2.75, 3.05) is 20.3 Å². The molecule has 1 aliphatic heterocycles. The van der Waals surface area contributed by atoms with Gasteiger partial charge in [-0.3, -0.25) is 24.0 Å². The SMILES string of the molecule is COc1cccc2c1C(=O)c1c(O)c3c(c(O)c1C2=O)CC(O)(C(=O)CO)CC3OOC1COC(C)C(O)C1NC(=O)CCC(=O)O. The Balaban J connectivity index is 1.55. The van der Waals surface area contributed by atoms with E-state index in [1.54, 1.807) is 0 Å². The maximum atomic E-state index is 13.8. The second-order valence-corrected chi connectivity index (χ2v) is 11.6. The van der Waals surface area contributed by atoms with Crippen molar-refractivity contribution in [2.24, 2.45) is 0 Å². The third-order valence-corrected chi connectivity index (χ3v) is 8.70. The number of methoxy groups -OCH3 is 1. The van der Waals surface area contributed by atoms with Gasteiger partial charge in [0.1, 0.15) is 47.8 Å². The van der Waals surface area contributed by atoms with Gasteiger partial charge in [-0.1, -0.05) is 12.1 Å². The number of nitrogens with one attached hydrogen (secondary N) is 1. The molecule has 16 heteroatoms. The number of carboxylic acid groups (broad SMARTS) is 1. The van der Waals surface area contributed by atoms with Crippen LogP contribution in [0.3, 0.4) is 0 Å². The molecule has 1 heterocycles. The van der Waals surface area contributed by atoms with E-state index in [1.165, 1.54) is 32.2 Å². The highest BCUT2D eigenvalue weighted by atomic mass is 17.2. The van der Waals surface area contributed by atoms with Crippen LogP contribution in [0.5, 0.6) is 17.2 Å². The van der Waals surface area contributed by atoms with Crippen LogP contribution in [0.1, 0.15) is 75.3 Å². The summed E-state index contributed by atoms with van der Waals surface area (Å²) < 4.78 is 10.8. The van der Waals surface area contributed by atoms with Crippen LogP contribution in [-0.2, 0) is 35.3 Å². The lowest BCUT2D eigenvalue weighted by Gasteiger charge is -2.41. The Labute approximate surface area is 266 Å². The molecule has 0 bridgehead atoms. The summed E-state index contributed by atoms with van der Waals surface area (Å²) >= 11 is 0. The second kappa shape index (κ2) is 13.0. The quantitative estimate of drug-likeness (QED) is 0.0831. The highest BCUT2D eigenvalue weighted by Crippen LogP contribution is 2.52. The number of ether oxygens (including phenoxy) is 2. The predicted molar refractivity (Wildman–Crippen MR) is 154 cm³/mol. The minimum Gasteiger partial charge on any atom is -0.507 e. The van der Waals surface area contributed by atoms with E-state index in [0.29, 0.717) is 0 Å². The summed E-state index contributed by atoms with van der Waals surface area (Å²) in [6.45, 7) is 0.130. The normalized spacial score (nSPS) is 26.5. The number of hydrogen-bond donors (Lipinski definition) is 7. The monoisotopic (exact) mass is 659 g/mol. The number of aliphatic carboxylic acids is 1. The van der Waals surface area contributed by atoms with E-state index in [2.05, 4.69) is 5.32 Å². The molecule has 2 aliphatic carbocycles. The van der Waals surface area contributed by atoms with Gasteiger partial charge in [0.2, 0.25) is 11.7 Å². The molecule has 3 aliphatic rings. The maximum Gasteiger partial charge on any atom is 0.303 e. The number of rotatable bonds is 10. The molecular weight excluding hydrogens is 626 g/mol. The number of hydrogen-bond acceptors (Lipinski definition) is 14. The number of phenolic OH excluding ortho intramolecular Hbond substituents is 2. The van der Waals surface area contributed by atoms with Crippen molar-refractivity contribution >= 4 is 29.2 Å². The molecule has 16 nitrogen and oxygen atoms in total. The lowest BCUT2D eigenvalue weighted by Crippen LogP contribution is -2.60. The van der Waals surface area contributed by atoms with Gasteiger partial charge >= 0.3 is 5.97 Å². The molecule has 0 aromatic heterocycles. The van der Waals surface area contributed by atoms with Crippen LogP contribution in [0.4, 0.5) is 0 Å². The zero-order valence-corrected chi connectivity index (χ0v) is 25.2. The summed E-state index contributed by atoms with van der Waals surface area (Å²) in [5.41, 5.74) is -4.47. The Morgan fingerprint density at radius 3 is 2.40 bits per heavy atom. The van der Waals surface area contributed by atoms with Crippen molar-refractivity contribution in [3.63, 3.8) is 0 Å². The van der Waals surface area contributed by atoms with Crippen molar-refractivity contribution in [2.45, 2.75) is 68.7 Å². The number of benzene rings is 2. The van der Waals surface area contributed by atoms with E-state index < -0.39 is 120 Å². The van der Waals surface area contributed by atoms with Crippen LogP contribution >= 0.6 is 0 Å². The van der Waals surface area contributed by atoms with Gasteiger partial charge in [0, 0.05) is 36.0 Å². The minimum atomic E-state index is -2.40. The number of fused-ring (bicyclic) bond motifs is 3. The molecule has 7 N–H and O–H groups in total. The summed E-state index contributed by atoms with van der Waals surface area (Å²) in [4.78, 5) is 74.6. The van der Waals surface area contributed by atoms with E-state index in [0.717, 1.165) is 0 Å². The number of ketones is 3. The van der Waals surface area contributed by atoms with E-state index >= 15 is 0 Å². The number of carbonyl (C=O) groups is 5. The smallest absolute Gasteiger partial charge is 0.303 e. The first-order valence-corrected chi connectivity index (χ1v) is 14.6. The van der Waals surface area contributed by atoms with Crippen molar-refractivity contribution < 1.29 is 73.9 Å². The van der Waals surface area contributed by atoms with Gasteiger partial charge in [0.05, 0.1) is 49.0 Å². The van der Waals surface area contributed by atoms with Gasteiger partial charge in [-0.25, -0.2) is 9.78 Å². The Morgan fingerprint density at radius 2 is 1.74 bits per heavy atom. The van der Waals surface area contributed by atoms with Crippen molar-refractivity contribution in [3.8, 4) is 17.2 Å². The molecule has 6 atom stereocenters. The molecule has 1 saturated heterocycles. The van der Waals surface area contributed by atoms with Crippen LogP contribution in [0.2, 0.25) is 0 Å². The summed E-state index contributed by atoms with van der Waals surface area (Å²) in [5.74, 6) is -6.32. The van der Waals surface area contributed by atoms with Crippen LogP contribution in [-0.4, -0.2) is 110 Å². The van der Waals surface area contributed by atoms with Gasteiger partial charge < -0.3 is 45.4 Å². The van der Waals surface area contributed by atoms with Crippen molar-refractivity contribution in [1.82, 2.24) is 5.32 Å². The highest BCUT2D eigenvalue weighted by Gasteiger charge is 2.50. The third-order valence-electron chi connectivity index (χ3n) is 8.70. The van der Waals surface area contributed by atoms with Gasteiger partial charge in [-0.05, 0) is 13.0 Å². The lowest BCUT2D eigenvalue weighted by atomic mass is 9.72. The summed E-state index contributed by atoms with van der Waals surface area (Å²) in [6.07, 6.45) is -7.32. The molecule has 252 valence electrons. The Morgan fingerprint density at radius 1 is 1.04 bits per heavy atom. The number of Topliss-reactive ketones (excluding diaryl/α,β-unsaturated/α-hetero) is 1. The molecule has 5 rings (SSSR count). The Hall–Kier alpha value is -4.45. The van der Waals surface area contributed by atoms with Crippen molar-refractivity contribution in [3.05, 3.63) is 51.6 Å². The van der Waals surface area contributed by atoms with E-state index in [-0.39, 0.29) is 34.6 Å². The zero-order valence-electron chi connectivity index (χ0n) is 25.2. The highest BCUT2D eigenvalue weighted by molar-refractivity contribution is 6.31. The van der Waals surface area contributed by atoms with Crippen LogP contribution < -0.4 is 10.1 Å². The maximum absolute atomic E-state index is 13.8. The first-order chi connectivity index (χ1) is 22.2. The average Bonchev–Trinajstić information content (AvgIpc) is 3.04. The fraction of sp³-hybridized carbons (Fsp3) is 0.452. The van der Waals surface area contributed by atoms with Gasteiger partial charge in [-0.15, -0.1) is 0 Å². The molecule has 2 aromatic carbocycles. The summed E-state index contributed by atoms with van der Waals surface area (Å²) in [7, 11) is 1.28. The third kappa shape index (κ3) is 5.95. The predicted octanol–water partition coefficient (Wildman–Crippen LogP) is -0.392. The molecule has 1 fully saturated rings. The average molecular weight is 660 g/mol. The number of aromatic hydroxyl groups is 2. The van der Waals surface area contributed by atoms with Gasteiger partial charge in [0.15, 0.2) is 11.6 Å². The molecule has 6 unspecified atom stereocenters. The molecular formula is C31H33NO15. The number of amides is 1. The number of carbonyl (C=O) groups excluding carboxylic acids is 4. The summed E-state index contributed by atoms with van der Waals surface area (Å²) in [5, 5.41) is 66.1.